The highest BCUT2D eigenvalue weighted by Gasteiger charge is 2.16. The SMILES string of the molecule is NC(=O)c1ccc2c(c1)-c1ccccc1CC2. The summed E-state index contributed by atoms with van der Waals surface area (Å²) in [6, 6.07) is 14.1. The van der Waals surface area contributed by atoms with Gasteiger partial charge in [-0.2, -0.15) is 0 Å². The molecule has 2 N–H and O–H groups in total. The smallest absolute Gasteiger partial charge is 0.248 e. The van der Waals surface area contributed by atoms with Crippen LogP contribution in [0.5, 0.6) is 0 Å². The van der Waals surface area contributed by atoms with Crippen molar-refractivity contribution in [3.05, 3.63) is 59.2 Å². The lowest BCUT2D eigenvalue weighted by Crippen LogP contribution is -2.12. The monoisotopic (exact) mass is 223 g/mol. The molecule has 1 aliphatic rings. The maximum Gasteiger partial charge on any atom is 0.248 e. The number of nitrogens with two attached hydrogens (primary N) is 1. The Morgan fingerprint density at radius 1 is 0.941 bits per heavy atom. The Kier molecular flexibility index (Phi) is 2.22. The average Bonchev–Trinajstić information content (AvgIpc) is 2.38. The zero-order valence-electron chi connectivity index (χ0n) is 9.44. The number of aryl methyl sites for hydroxylation is 2. The van der Waals surface area contributed by atoms with Crippen LogP contribution >= 0.6 is 0 Å². The van der Waals surface area contributed by atoms with Gasteiger partial charge in [0.25, 0.3) is 0 Å². The van der Waals surface area contributed by atoms with Crippen molar-refractivity contribution in [3.8, 4) is 11.1 Å². The van der Waals surface area contributed by atoms with E-state index < -0.39 is 0 Å². The maximum atomic E-state index is 11.2. The number of rotatable bonds is 1. The summed E-state index contributed by atoms with van der Waals surface area (Å²) in [6.45, 7) is 0. The molecule has 1 amide bonds. The minimum atomic E-state index is -0.365. The molecule has 2 aromatic carbocycles. The van der Waals surface area contributed by atoms with Crippen LogP contribution in [0.3, 0.4) is 0 Å². The number of hydrogen-bond donors (Lipinski definition) is 1. The summed E-state index contributed by atoms with van der Waals surface area (Å²) >= 11 is 0. The van der Waals surface area contributed by atoms with Crippen LogP contribution in [0.4, 0.5) is 0 Å². The number of carbonyl (C=O) groups excluding carboxylic acids is 1. The molecule has 0 saturated heterocycles. The number of carbonyl (C=O) groups is 1. The van der Waals surface area contributed by atoms with Crippen molar-refractivity contribution in [2.45, 2.75) is 12.8 Å². The molecule has 0 aliphatic heterocycles. The molecule has 0 fully saturated rings. The summed E-state index contributed by atoms with van der Waals surface area (Å²) in [5.41, 5.74) is 10.9. The predicted molar refractivity (Wildman–Crippen MR) is 67.8 cm³/mol. The summed E-state index contributed by atoms with van der Waals surface area (Å²) < 4.78 is 0. The van der Waals surface area contributed by atoms with Gasteiger partial charge in [0, 0.05) is 5.56 Å². The van der Waals surface area contributed by atoms with Crippen LogP contribution in [0.15, 0.2) is 42.5 Å². The number of benzene rings is 2. The van der Waals surface area contributed by atoms with Crippen molar-refractivity contribution in [1.29, 1.82) is 0 Å². The van der Waals surface area contributed by atoms with Gasteiger partial charge in [0.2, 0.25) is 5.91 Å². The van der Waals surface area contributed by atoms with E-state index in [0.717, 1.165) is 18.4 Å². The van der Waals surface area contributed by atoms with E-state index in [9.17, 15) is 4.79 Å². The molecule has 84 valence electrons. The molecule has 0 atom stereocenters. The Morgan fingerprint density at radius 3 is 2.41 bits per heavy atom. The highest BCUT2D eigenvalue weighted by atomic mass is 16.1. The van der Waals surface area contributed by atoms with Gasteiger partial charge < -0.3 is 5.73 Å². The third kappa shape index (κ3) is 1.62. The summed E-state index contributed by atoms with van der Waals surface area (Å²) in [5, 5.41) is 0. The fourth-order valence-electron chi connectivity index (χ4n) is 2.47. The molecule has 3 rings (SSSR count). The summed E-state index contributed by atoms with van der Waals surface area (Å²) in [4.78, 5) is 11.2. The molecular weight excluding hydrogens is 210 g/mol. The number of hydrogen-bond acceptors (Lipinski definition) is 1. The predicted octanol–water partition coefficient (Wildman–Crippen LogP) is 2.55. The van der Waals surface area contributed by atoms with Crippen molar-refractivity contribution >= 4 is 5.91 Å². The minimum absolute atomic E-state index is 0.365. The first-order chi connectivity index (χ1) is 8.25. The summed E-state index contributed by atoms with van der Waals surface area (Å²) in [6.07, 6.45) is 2.10. The van der Waals surface area contributed by atoms with Gasteiger partial charge >= 0.3 is 0 Å². The van der Waals surface area contributed by atoms with E-state index >= 15 is 0 Å². The lowest BCUT2D eigenvalue weighted by atomic mass is 9.85. The van der Waals surface area contributed by atoms with Gasteiger partial charge in [-0.25, -0.2) is 0 Å². The van der Waals surface area contributed by atoms with Crippen LogP contribution in [-0.2, 0) is 12.8 Å². The Labute approximate surface area is 100 Å². The van der Waals surface area contributed by atoms with Crippen LogP contribution in [-0.4, -0.2) is 5.91 Å². The van der Waals surface area contributed by atoms with Crippen molar-refractivity contribution in [1.82, 2.24) is 0 Å². The van der Waals surface area contributed by atoms with E-state index in [-0.39, 0.29) is 5.91 Å². The Bertz CT molecular complexity index is 602. The first kappa shape index (κ1) is 10.1. The fourth-order valence-corrected chi connectivity index (χ4v) is 2.47. The molecule has 0 radical (unpaired) electrons. The zero-order chi connectivity index (χ0) is 11.8. The van der Waals surface area contributed by atoms with Crippen LogP contribution in [0, 0.1) is 0 Å². The van der Waals surface area contributed by atoms with E-state index in [4.69, 9.17) is 5.73 Å². The van der Waals surface area contributed by atoms with Crippen molar-refractivity contribution < 1.29 is 4.79 Å². The van der Waals surface area contributed by atoms with E-state index in [2.05, 4.69) is 18.2 Å². The lowest BCUT2D eigenvalue weighted by molar-refractivity contribution is 0.100. The second-order valence-corrected chi connectivity index (χ2v) is 4.39. The van der Waals surface area contributed by atoms with E-state index in [1.54, 1.807) is 0 Å². The standard InChI is InChI=1S/C15H13NO/c16-15(17)12-8-7-11-6-5-10-3-1-2-4-13(10)14(11)9-12/h1-4,7-9H,5-6H2,(H2,16,17). The second kappa shape index (κ2) is 3.74. The molecule has 0 spiro atoms. The van der Waals surface area contributed by atoms with Crippen LogP contribution in [0.1, 0.15) is 21.5 Å². The van der Waals surface area contributed by atoms with Gasteiger partial charge in [-0.1, -0.05) is 30.3 Å². The fraction of sp³-hybridized carbons (Fsp3) is 0.133. The zero-order valence-corrected chi connectivity index (χ0v) is 9.44. The Balaban J connectivity index is 2.22. The molecule has 0 heterocycles. The number of amides is 1. The quantitative estimate of drug-likeness (QED) is 0.793. The van der Waals surface area contributed by atoms with Gasteiger partial charge in [0.15, 0.2) is 0 Å². The van der Waals surface area contributed by atoms with Crippen LogP contribution < -0.4 is 5.73 Å². The Morgan fingerprint density at radius 2 is 1.65 bits per heavy atom. The largest absolute Gasteiger partial charge is 0.366 e. The van der Waals surface area contributed by atoms with Crippen molar-refractivity contribution in [2.75, 3.05) is 0 Å². The van der Waals surface area contributed by atoms with Crippen LogP contribution in [0.25, 0.3) is 11.1 Å². The summed E-state index contributed by atoms with van der Waals surface area (Å²) in [5.74, 6) is -0.365. The third-order valence-electron chi connectivity index (χ3n) is 3.37. The highest BCUT2D eigenvalue weighted by molar-refractivity contribution is 5.94. The normalized spacial score (nSPS) is 12.7. The second-order valence-electron chi connectivity index (χ2n) is 4.39. The van der Waals surface area contributed by atoms with Crippen molar-refractivity contribution in [3.63, 3.8) is 0 Å². The lowest BCUT2D eigenvalue weighted by Gasteiger charge is -2.20. The third-order valence-corrected chi connectivity index (χ3v) is 3.37. The molecule has 2 heteroatoms. The van der Waals surface area contributed by atoms with Gasteiger partial charge in [0.05, 0.1) is 0 Å². The number of primary amides is 1. The highest BCUT2D eigenvalue weighted by Crippen LogP contribution is 2.33. The molecule has 1 aliphatic carbocycles. The average molecular weight is 223 g/mol. The minimum Gasteiger partial charge on any atom is -0.366 e. The van der Waals surface area contributed by atoms with Gasteiger partial charge in [0.1, 0.15) is 0 Å². The van der Waals surface area contributed by atoms with E-state index in [1.807, 2.05) is 24.3 Å². The summed E-state index contributed by atoms with van der Waals surface area (Å²) in [7, 11) is 0. The van der Waals surface area contributed by atoms with Gasteiger partial charge in [-0.3, -0.25) is 4.79 Å². The molecule has 2 nitrogen and oxygen atoms in total. The molecule has 17 heavy (non-hydrogen) atoms. The molecule has 0 unspecified atom stereocenters. The van der Waals surface area contributed by atoms with E-state index in [1.165, 1.54) is 16.7 Å². The van der Waals surface area contributed by atoms with Crippen LogP contribution in [0.2, 0.25) is 0 Å². The van der Waals surface area contributed by atoms with Gasteiger partial charge in [-0.15, -0.1) is 0 Å². The molecular formula is C15H13NO. The molecule has 0 bridgehead atoms. The first-order valence-corrected chi connectivity index (χ1v) is 5.77. The Hall–Kier alpha value is -2.09. The molecule has 0 aromatic heterocycles. The number of fused-ring (bicyclic) bond motifs is 3. The molecule has 0 saturated carbocycles. The molecule has 2 aromatic rings. The first-order valence-electron chi connectivity index (χ1n) is 5.77. The van der Waals surface area contributed by atoms with E-state index in [0.29, 0.717) is 5.56 Å². The topological polar surface area (TPSA) is 43.1 Å². The van der Waals surface area contributed by atoms with Gasteiger partial charge in [-0.05, 0) is 47.2 Å². The van der Waals surface area contributed by atoms with Crippen molar-refractivity contribution in [2.24, 2.45) is 5.73 Å². The maximum absolute atomic E-state index is 11.2.